The summed E-state index contributed by atoms with van der Waals surface area (Å²) in [6.45, 7) is 9.03. The molecule has 10 heteroatoms. The lowest BCUT2D eigenvalue weighted by Gasteiger charge is -2.08. The first-order valence-corrected chi connectivity index (χ1v) is 11.9. The van der Waals surface area contributed by atoms with Gasteiger partial charge in [-0.3, -0.25) is 9.98 Å². The number of aromatic amines is 2. The first-order chi connectivity index (χ1) is 17.0. The Labute approximate surface area is 207 Å². The summed E-state index contributed by atoms with van der Waals surface area (Å²) in [4.78, 5) is 32.0. The molecule has 178 valence electrons. The van der Waals surface area contributed by atoms with Gasteiger partial charge in [0.25, 0.3) is 0 Å². The van der Waals surface area contributed by atoms with E-state index in [0.717, 1.165) is 63.2 Å². The minimum absolute atomic E-state index is 0.526. The fourth-order valence-corrected chi connectivity index (χ4v) is 4.67. The Bertz CT molecular complexity index is 1560. The molecular formula is C25H26ClN9. The van der Waals surface area contributed by atoms with Crippen molar-refractivity contribution in [3.63, 3.8) is 0 Å². The summed E-state index contributed by atoms with van der Waals surface area (Å²) < 4.78 is 0. The van der Waals surface area contributed by atoms with Crippen LogP contribution in [0.3, 0.4) is 0 Å². The fraction of sp³-hybridized carbons (Fsp3) is 0.280. The number of aryl methyl sites for hydroxylation is 4. The van der Waals surface area contributed by atoms with Crippen LogP contribution in [0.25, 0.3) is 22.1 Å². The summed E-state index contributed by atoms with van der Waals surface area (Å²) >= 11 is 5.96. The van der Waals surface area contributed by atoms with Crippen LogP contribution in [-0.2, 0) is 19.4 Å². The predicted octanol–water partition coefficient (Wildman–Crippen LogP) is 5.38. The zero-order valence-corrected chi connectivity index (χ0v) is 20.8. The molecule has 35 heavy (non-hydrogen) atoms. The van der Waals surface area contributed by atoms with E-state index in [4.69, 9.17) is 11.6 Å². The Hall–Kier alpha value is -3.85. The average molecular weight is 488 g/mol. The van der Waals surface area contributed by atoms with Crippen molar-refractivity contribution < 1.29 is 0 Å². The molecule has 3 N–H and O–H groups in total. The van der Waals surface area contributed by atoms with Gasteiger partial charge in [-0.15, -0.1) is 0 Å². The molecule has 0 fully saturated rings. The second-order valence-corrected chi connectivity index (χ2v) is 8.71. The van der Waals surface area contributed by atoms with Crippen molar-refractivity contribution in [1.82, 2.24) is 34.9 Å². The molecule has 5 aromatic heterocycles. The van der Waals surface area contributed by atoms with Crippen molar-refractivity contribution in [2.75, 3.05) is 5.32 Å². The average Bonchev–Trinajstić information content (AvgIpc) is 3.55. The highest BCUT2D eigenvalue weighted by molar-refractivity contribution is 6.34. The Morgan fingerprint density at radius 1 is 0.886 bits per heavy atom. The van der Waals surface area contributed by atoms with Crippen LogP contribution in [0.1, 0.15) is 47.6 Å². The molecule has 0 aromatic carbocycles. The van der Waals surface area contributed by atoms with Crippen LogP contribution in [0.2, 0.25) is 5.15 Å². The number of halogens is 1. The minimum atomic E-state index is 0.526. The van der Waals surface area contributed by atoms with Crippen LogP contribution in [0.5, 0.6) is 0 Å². The van der Waals surface area contributed by atoms with E-state index in [9.17, 15) is 0 Å². The lowest BCUT2D eigenvalue weighted by Crippen LogP contribution is -1.98. The van der Waals surface area contributed by atoms with Gasteiger partial charge in [-0.05, 0) is 43.9 Å². The third kappa shape index (κ3) is 4.23. The van der Waals surface area contributed by atoms with Crippen LogP contribution in [-0.4, -0.2) is 41.1 Å². The van der Waals surface area contributed by atoms with Crippen LogP contribution in [0.15, 0.2) is 29.9 Å². The van der Waals surface area contributed by atoms with Gasteiger partial charge in [0.05, 0.1) is 34.9 Å². The van der Waals surface area contributed by atoms with Crippen molar-refractivity contribution >= 4 is 51.4 Å². The molecule has 1 aliphatic rings. The molecule has 0 bridgehead atoms. The lowest BCUT2D eigenvalue weighted by molar-refractivity contribution is 1.02. The molecule has 1 aliphatic heterocycles. The maximum atomic E-state index is 5.96. The van der Waals surface area contributed by atoms with Gasteiger partial charge in [0.1, 0.15) is 34.9 Å². The monoisotopic (exact) mass is 487 g/mol. The smallest absolute Gasteiger partial charge is 0.143 e. The van der Waals surface area contributed by atoms with Gasteiger partial charge in [0, 0.05) is 23.2 Å². The molecule has 0 saturated heterocycles. The first kappa shape index (κ1) is 22.9. The molecule has 5 aromatic rings. The molecule has 0 saturated carbocycles. The normalized spacial score (nSPS) is 12.1. The number of nitrogens with one attached hydrogen (secondary N) is 3. The number of nitrogens with zero attached hydrogens (tertiary/aromatic N) is 6. The maximum absolute atomic E-state index is 5.96. The van der Waals surface area contributed by atoms with E-state index in [1.54, 1.807) is 6.33 Å². The molecule has 6 rings (SSSR count). The summed E-state index contributed by atoms with van der Waals surface area (Å²) in [5.41, 5.74) is 9.40. The van der Waals surface area contributed by atoms with E-state index in [0.29, 0.717) is 11.7 Å². The van der Waals surface area contributed by atoms with E-state index < -0.39 is 0 Å². The van der Waals surface area contributed by atoms with Crippen molar-refractivity contribution in [2.24, 2.45) is 4.99 Å². The highest BCUT2D eigenvalue weighted by atomic mass is 35.5. The SMILES string of the molecule is CCc1[nH]c2ncnc(Cl)c2c1C.CCc1[nH]c2ncnc(Nc3cnc4c(c3)C=NC4)c2c1C. The van der Waals surface area contributed by atoms with Gasteiger partial charge in [0.15, 0.2) is 0 Å². The largest absolute Gasteiger partial charge is 0.343 e. The van der Waals surface area contributed by atoms with Crippen molar-refractivity contribution in [3.05, 3.63) is 63.8 Å². The number of hydrogen-bond acceptors (Lipinski definition) is 7. The van der Waals surface area contributed by atoms with Crippen LogP contribution in [0.4, 0.5) is 11.5 Å². The molecule has 6 heterocycles. The summed E-state index contributed by atoms with van der Waals surface area (Å²) in [6, 6.07) is 2.05. The van der Waals surface area contributed by atoms with Crippen LogP contribution < -0.4 is 5.32 Å². The standard InChI is InChI=1S/C16H16N6.C9H10ClN3/c1-3-12-9(2)14-15(19-8-20-16(14)22-12)21-11-4-10-5-17-7-13(10)18-6-11;1-3-6-5(2)7-8(10)11-4-12-9(7)13-6/h4-6,8H,3,7H2,1-2H3,(H2,19,20,21,22);4H,3H2,1-2H3,(H,11,12,13). The van der Waals surface area contributed by atoms with Gasteiger partial charge in [-0.1, -0.05) is 25.4 Å². The second kappa shape index (κ2) is 9.42. The van der Waals surface area contributed by atoms with Gasteiger partial charge in [0.2, 0.25) is 0 Å². The zero-order valence-electron chi connectivity index (χ0n) is 20.1. The molecule has 0 amide bonds. The number of fused-ring (bicyclic) bond motifs is 3. The number of aliphatic imine (C=N–C) groups is 1. The number of rotatable bonds is 4. The summed E-state index contributed by atoms with van der Waals surface area (Å²) in [7, 11) is 0. The molecule has 0 spiro atoms. The van der Waals surface area contributed by atoms with E-state index in [-0.39, 0.29) is 0 Å². The highest BCUT2D eigenvalue weighted by Crippen LogP contribution is 2.29. The molecule has 0 atom stereocenters. The van der Waals surface area contributed by atoms with Crippen molar-refractivity contribution in [2.45, 2.75) is 47.1 Å². The Kier molecular flexibility index (Phi) is 6.17. The Balaban J connectivity index is 0.000000166. The topological polar surface area (TPSA) is 120 Å². The van der Waals surface area contributed by atoms with Crippen LogP contribution >= 0.6 is 11.6 Å². The van der Waals surface area contributed by atoms with Gasteiger partial charge in [-0.2, -0.15) is 0 Å². The fourth-order valence-electron chi connectivity index (χ4n) is 4.39. The van der Waals surface area contributed by atoms with Gasteiger partial charge >= 0.3 is 0 Å². The van der Waals surface area contributed by atoms with Crippen LogP contribution in [0, 0.1) is 13.8 Å². The Morgan fingerprint density at radius 2 is 1.54 bits per heavy atom. The molecule has 0 aliphatic carbocycles. The quantitative estimate of drug-likeness (QED) is 0.292. The molecule has 0 radical (unpaired) electrons. The molecule has 0 unspecified atom stereocenters. The van der Waals surface area contributed by atoms with Crippen molar-refractivity contribution in [3.8, 4) is 0 Å². The van der Waals surface area contributed by atoms with Gasteiger partial charge < -0.3 is 15.3 Å². The summed E-state index contributed by atoms with van der Waals surface area (Å²) in [5.74, 6) is 0.801. The minimum Gasteiger partial charge on any atom is -0.343 e. The second-order valence-electron chi connectivity index (χ2n) is 8.35. The zero-order chi connectivity index (χ0) is 24.5. The third-order valence-electron chi connectivity index (χ3n) is 6.29. The number of H-pyrrole nitrogens is 2. The summed E-state index contributed by atoms with van der Waals surface area (Å²) in [5, 5.41) is 5.87. The molecular weight excluding hydrogens is 462 g/mol. The number of pyridine rings is 1. The maximum Gasteiger partial charge on any atom is 0.143 e. The number of hydrogen-bond donors (Lipinski definition) is 3. The van der Waals surface area contributed by atoms with E-state index in [1.165, 1.54) is 23.3 Å². The molecule has 9 nitrogen and oxygen atoms in total. The van der Waals surface area contributed by atoms with E-state index >= 15 is 0 Å². The highest BCUT2D eigenvalue weighted by Gasteiger charge is 2.14. The number of anilines is 2. The van der Waals surface area contributed by atoms with E-state index in [1.807, 2.05) is 19.3 Å². The Morgan fingerprint density at radius 3 is 2.23 bits per heavy atom. The number of aromatic nitrogens is 7. The van der Waals surface area contributed by atoms with Gasteiger partial charge in [-0.25, -0.2) is 19.9 Å². The third-order valence-corrected chi connectivity index (χ3v) is 6.57. The summed E-state index contributed by atoms with van der Waals surface area (Å²) in [6.07, 6.45) is 8.63. The predicted molar refractivity (Wildman–Crippen MR) is 140 cm³/mol. The van der Waals surface area contributed by atoms with Crippen molar-refractivity contribution in [1.29, 1.82) is 0 Å². The van der Waals surface area contributed by atoms with E-state index in [2.05, 4.69) is 72.0 Å². The first-order valence-electron chi connectivity index (χ1n) is 11.6. The lowest BCUT2D eigenvalue weighted by atomic mass is 10.1.